The van der Waals surface area contributed by atoms with E-state index in [0.29, 0.717) is 0 Å². The van der Waals surface area contributed by atoms with Crippen molar-refractivity contribution in [2.75, 3.05) is 0 Å². The Labute approximate surface area is 107 Å². The minimum atomic E-state index is -4.67. The molecule has 0 amide bonds. The van der Waals surface area contributed by atoms with Crippen LogP contribution in [0.2, 0.25) is 0 Å². The standard InChI is InChI=1S/Ag.Na.2H2O4S.H/c;;2*1-5(2,3)4;/h;;2*(H2,1,2,3,4);. The van der Waals surface area contributed by atoms with Crippen LogP contribution in [-0.4, -0.2) is 64.6 Å². The van der Waals surface area contributed by atoms with Gasteiger partial charge in [0.2, 0.25) is 0 Å². The van der Waals surface area contributed by atoms with Crippen LogP contribution in [0.3, 0.4) is 0 Å². The van der Waals surface area contributed by atoms with Gasteiger partial charge >= 0.3 is 50.4 Å². The summed E-state index contributed by atoms with van der Waals surface area (Å²) in [7, 11) is -9.33. The van der Waals surface area contributed by atoms with Crippen LogP contribution in [0, 0.1) is 0 Å². The van der Waals surface area contributed by atoms with Gasteiger partial charge in [-0.25, -0.2) is 0 Å². The van der Waals surface area contributed by atoms with Gasteiger partial charge in [-0.15, -0.1) is 0 Å². The zero-order chi connectivity index (χ0) is 9.00. The number of rotatable bonds is 0. The van der Waals surface area contributed by atoms with Crippen molar-refractivity contribution in [1.82, 2.24) is 0 Å². The van der Waals surface area contributed by atoms with E-state index in [1.54, 1.807) is 0 Å². The molecule has 4 N–H and O–H groups in total. The second-order valence-corrected chi connectivity index (χ2v) is 2.69. The van der Waals surface area contributed by atoms with Crippen LogP contribution in [0.5, 0.6) is 0 Å². The van der Waals surface area contributed by atoms with Gasteiger partial charge in [-0.3, -0.25) is 18.2 Å². The summed E-state index contributed by atoms with van der Waals surface area (Å²) in [4.78, 5) is 0. The third-order valence-corrected chi connectivity index (χ3v) is 0. The molecule has 77 valence electrons. The van der Waals surface area contributed by atoms with E-state index in [0.717, 1.165) is 0 Å². The Balaban J connectivity index is -0.0000000457. The van der Waals surface area contributed by atoms with E-state index in [9.17, 15) is 0 Å². The molecule has 0 spiro atoms. The zero-order valence-electron chi connectivity index (χ0n) is 4.54. The maximum atomic E-state index is 8.74. The first-order valence-electron chi connectivity index (χ1n) is 1.40. The van der Waals surface area contributed by atoms with Gasteiger partial charge in [0.15, 0.2) is 0 Å². The molecule has 8 nitrogen and oxygen atoms in total. The summed E-state index contributed by atoms with van der Waals surface area (Å²) in [6.45, 7) is 0. The average molecular weight is 328 g/mol. The molecule has 12 heteroatoms. The monoisotopic (exact) mass is 327 g/mol. The molecule has 0 aliphatic heterocycles. The van der Waals surface area contributed by atoms with Crippen LogP contribution in [0.1, 0.15) is 0 Å². The molecule has 12 heavy (non-hydrogen) atoms. The molecule has 0 rings (SSSR count). The van der Waals surface area contributed by atoms with Crippen molar-refractivity contribution in [1.29, 1.82) is 0 Å². The Morgan fingerprint density at radius 3 is 0.667 bits per heavy atom. The van der Waals surface area contributed by atoms with Gasteiger partial charge in [0.1, 0.15) is 0 Å². The van der Waals surface area contributed by atoms with Gasteiger partial charge in [0.05, 0.1) is 0 Å². The quantitative estimate of drug-likeness (QED) is 0.296. The van der Waals surface area contributed by atoms with Gasteiger partial charge in [0, 0.05) is 22.4 Å². The predicted octanol–water partition coefficient (Wildman–Crippen LogP) is -1.96. The van der Waals surface area contributed by atoms with E-state index in [-0.39, 0.29) is 51.9 Å². The molecule has 0 aromatic rings. The van der Waals surface area contributed by atoms with Crippen molar-refractivity contribution in [3.05, 3.63) is 0 Å². The first-order chi connectivity index (χ1) is 4.00. The SMILES string of the molecule is O=S(=O)(O)O.O=S(=O)(O)O.[Ag].[NaH]. The summed E-state index contributed by atoms with van der Waals surface area (Å²) in [5.74, 6) is 0. The second-order valence-electron chi connectivity index (χ2n) is 0.896. The molecular weight excluding hydrogens is 323 g/mol. The molecule has 0 bridgehead atoms. The predicted molar refractivity (Wildman–Crippen MR) is 35.5 cm³/mol. The molecule has 0 aliphatic carbocycles. The third-order valence-electron chi connectivity index (χ3n) is 0. The summed E-state index contributed by atoms with van der Waals surface area (Å²) < 4.78 is 63.2. The van der Waals surface area contributed by atoms with Gasteiger partial charge in [0.25, 0.3) is 0 Å². The molecule has 1 radical (unpaired) electrons. The number of hydrogen-bond acceptors (Lipinski definition) is 4. The van der Waals surface area contributed by atoms with Crippen LogP contribution >= 0.6 is 0 Å². The van der Waals surface area contributed by atoms with Gasteiger partial charge in [-0.1, -0.05) is 0 Å². The first-order valence-corrected chi connectivity index (χ1v) is 4.19. The van der Waals surface area contributed by atoms with Crippen LogP contribution in [0.4, 0.5) is 0 Å². The van der Waals surface area contributed by atoms with E-state index in [2.05, 4.69) is 0 Å². The van der Waals surface area contributed by atoms with Crippen molar-refractivity contribution in [3.8, 4) is 0 Å². The third kappa shape index (κ3) is 575. The van der Waals surface area contributed by atoms with E-state index in [4.69, 9.17) is 35.0 Å². The van der Waals surface area contributed by atoms with Crippen LogP contribution in [0.15, 0.2) is 0 Å². The molecule has 0 saturated carbocycles. The van der Waals surface area contributed by atoms with Gasteiger partial charge in [-0.05, 0) is 0 Å². The van der Waals surface area contributed by atoms with E-state index in [1.807, 2.05) is 0 Å². The van der Waals surface area contributed by atoms with Crippen LogP contribution in [-0.2, 0) is 43.2 Å². The maximum absolute atomic E-state index is 8.74. The van der Waals surface area contributed by atoms with Gasteiger partial charge < -0.3 is 0 Å². The molecule has 0 aromatic carbocycles. The van der Waals surface area contributed by atoms with Crippen molar-refractivity contribution >= 4 is 50.4 Å². The summed E-state index contributed by atoms with van der Waals surface area (Å²) >= 11 is 0. The molecular formula is H5AgNaO8S2. The van der Waals surface area contributed by atoms with Crippen LogP contribution < -0.4 is 0 Å². The Morgan fingerprint density at radius 2 is 0.667 bits per heavy atom. The van der Waals surface area contributed by atoms with Gasteiger partial charge in [-0.2, -0.15) is 16.8 Å². The number of hydrogen-bond donors (Lipinski definition) is 4. The normalized spacial score (nSPS) is 9.67. The summed E-state index contributed by atoms with van der Waals surface area (Å²) in [5.41, 5.74) is 0. The molecule has 0 aliphatic rings. The second kappa shape index (κ2) is 9.05. The fraction of sp³-hybridized carbons (Fsp3) is 0. The fourth-order valence-corrected chi connectivity index (χ4v) is 0. The van der Waals surface area contributed by atoms with Crippen molar-refractivity contribution < 1.29 is 57.4 Å². The Morgan fingerprint density at radius 1 is 0.667 bits per heavy atom. The van der Waals surface area contributed by atoms with E-state index < -0.39 is 20.8 Å². The van der Waals surface area contributed by atoms with Crippen molar-refractivity contribution in [2.45, 2.75) is 0 Å². The van der Waals surface area contributed by atoms with E-state index >= 15 is 0 Å². The molecule has 0 heterocycles. The van der Waals surface area contributed by atoms with E-state index in [1.165, 1.54) is 0 Å². The Hall–Kier alpha value is 1.48. The molecule has 0 atom stereocenters. The average Bonchev–Trinajstić information content (AvgIpc) is 1.12. The van der Waals surface area contributed by atoms with Crippen molar-refractivity contribution in [2.24, 2.45) is 0 Å². The summed E-state index contributed by atoms with van der Waals surface area (Å²) in [6.07, 6.45) is 0. The summed E-state index contributed by atoms with van der Waals surface area (Å²) in [6, 6.07) is 0. The molecule has 0 aromatic heterocycles. The molecule has 0 unspecified atom stereocenters. The molecule has 0 saturated heterocycles. The minimum absolute atomic E-state index is 0. The van der Waals surface area contributed by atoms with Crippen LogP contribution in [0.25, 0.3) is 0 Å². The Bertz CT molecular complexity index is 213. The fourth-order valence-electron chi connectivity index (χ4n) is 0. The topological polar surface area (TPSA) is 149 Å². The zero-order valence-corrected chi connectivity index (χ0v) is 7.66. The Kier molecular flexibility index (Phi) is 17.6. The summed E-state index contributed by atoms with van der Waals surface area (Å²) in [5, 5.41) is 0. The van der Waals surface area contributed by atoms with Crippen molar-refractivity contribution in [3.63, 3.8) is 0 Å². The first kappa shape index (κ1) is 23.4. The molecule has 0 fully saturated rings.